The highest BCUT2D eigenvalue weighted by molar-refractivity contribution is 7.94. The van der Waals surface area contributed by atoms with E-state index in [1.165, 1.54) is 19.2 Å². The Labute approximate surface area is 241 Å². The van der Waals surface area contributed by atoms with Crippen LogP contribution in [0.3, 0.4) is 0 Å². The van der Waals surface area contributed by atoms with Crippen LogP contribution in [0.5, 0.6) is 5.75 Å². The molecule has 0 atom stereocenters. The number of hydrogen-bond acceptors (Lipinski definition) is 8. The zero-order chi connectivity index (χ0) is 29.5. The summed E-state index contributed by atoms with van der Waals surface area (Å²) in [6.07, 6.45) is 0. The number of amides is 1. The quantitative estimate of drug-likeness (QED) is 0.198. The third-order valence-electron chi connectivity index (χ3n) is 5.97. The van der Waals surface area contributed by atoms with Crippen LogP contribution in [0.15, 0.2) is 58.8 Å². The number of thiophene rings is 1. The summed E-state index contributed by atoms with van der Waals surface area (Å²) in [4.78, 5) is 20.8. The largest absolute Gasteiger partial charge is 0.496 e. The lowest BCUT2D eigenvalue weighted by molar-refractivity contribution is -0.126. The number of sulfonamides is 1. The molecule has 0 aliphatic carbocycles. The molecule has 214 valence electrons. The van der Waals surface area contributed by atoms with E-state index in [1.807, 2.05) is 50.2 Å². The van der Waals surface area contributed by atoms with Crippen LogP contribution in [0.2, 0.25) is 4.34 Å². The highest BCUT2D eigenvalue weighted by atomic mass is 35.5. The van der Waals surface area contributed by atoms with Crippen LogP contribution in [0.1, 0.15) is 25.0 Å². The lowest BCUT2D eigenvalue weighted by atomic mass is 10.0. The highest BCUT2D eigenvalue weighted by Crippen LogP contribution is 2.35. The van der Waals surface area contributed by atoms with Crippen molar-refractivity contribution in [3.8, 4) is 5.75 Å². The molecule has 0 bridgehead atoms. The topological polar surface area (TPSA) is 152 Å². The SMILES string of the molecule is CNC(C)(C)C(=O)NCc1cccc(Cn2nc(NS(=O)(=O)c3ccc(Cl)s3)c3c(OC)cccc32)c1.O=CO. The molecular weight excluding hydrogens is 578 g/mol. The van der Waals surface area contributed by atoms with Crippen molar-refractivity contribution in [3.05, 3.63) is 70.1 Å². The number of carboxylic acid groups (broad SMARTS) is 1. The molecule has 4 N–H and O–H groups in total. The van der Waals surface area contributed by atoms with Gasteiger partial charge in [0.25, 0.3) is 16.5 Å². The summed E-state index contributed by atoms with van der Waals surface area (Å²) >= 11 is 6.91. The Morgan fingerprint density at radius 1 is 1.18 bits per heavy atom. The summed E-state index contributed by atoms with van der Waals surface area (Å²) in [5.74, 6) is 0.554. The molecule has 1 amide bonds. The summed E-state index contributed by atoms with van der Waals surface area (Å²) in [5.41, 5.74) is 1.90. The Kier molecular flexibility index (Phi) is 10.1. The molecule has 14 heteroatoms. The Balaban J connectivity index is 0.00000141. The standard InChI is InChI=1S/C25H28ClN5O4S2.CH2O2/c1-25(2,27-3)24(32)28-14-16-7-5-8-17(13-16)15-31-18-9-6-10-19(35-4)22(18)23(29-31)30-37(33,34)21-12-11-20(26)36-21;2-1-3/h5-13,27H,14-15H2,1-4H3,(H,28,32)(H,29,30);1H,(H,2,3). The monoisotopic (exact) mass is 607 g/mol. The number of benzene rings is 2. The first-order chi connectivity index (χ1) is 18.9. The number of carbonyl (C=O) groups is 2. The number of likely N-dealkylation sites (N-methyl/N-ethyl adjacent to an activating group) is 1. The minimum Gasteiger partial charge on any atom is -0.496 e. The molecule has 11 nitrogen and oxygen atoms in total. The Morgan fingerprint density at radius 2 is 1.85 bits per heavy atom. The van der Waals surface area contributed by atoms with E-state index in [4.69, 9.17) is 26.2 Å². The van der Waals surface area contributed by atoms with Gasteiger partial charge in [-0.3, -0.25) is 19.0 Å². The predicted octanol–water partition coefficient (Wildman–Crippen LogP) is 3.92. The van der Waals surface area contributed by atoms with Crippen LogP contribution < -0.4 is 20.1 Å². The first kappa shape index (κ1) is 30.9. The lowest BCUT2D eigenvalue weighted by Gasteiger charge is -2.22. The van der Waals surface area contributed by atoms with Gasteiger partial charge in [-0.1, -0.05) is 41.9 Å². The van der Waals surface area contributed by atoms with Crippen LogP contribution in [0.25, 0.3) is 10.9 Å². The third kappa shape index (κ3) is 7.30. The fourth-order valence-corrected chi connectivity index (χ4v) is 6.20. The van der Waals surface area contributed by atoms with Gasteiger partial charge < -0.3 is 20.5 Å². The first-order valence-corrected chi connectivity index (χ1v) is 14.6. The summed E-state index contributed by atoms with van der Waals surface area (Å²) < 4.78 is 36.3. The summed E-state index contributed by atoms with van der Waals surface area (Å²) in [7, 11) is -0.630. The number of aromatic nitrogens is 2. The van der Waals surface area contributed by atoms with E-state index in [0.29, 0.717) is 34.1 Å². The van der Waals surface area contributed by atoms with Gasteiger partial charge >= 0.3 is 0 Å². The minimum atomic E-state index is -3.90. The zero-order valence-corrected chi connectivity index (χ0v) is 24.7. The summed E-state index contributed by atoms with van der Waals surface area (Å²) in [6.45, 7) is 4.13. The molecule has 0 spiro atoms. The fraction of sp³-hybridized carbons (Fsp3) is 0.269. The van der Waals surface area contributed by atoms with Crippen molar-refractivity contribution in [2.45, 2.75) is 36.7 Å². The van der Waals surface area contributed by atoms with E-state index >= 15 is 0 Å². The second-order valence-electron chi connectivity index (χ2n) is 9.01. The van der Waals surface area contributed by atoms with Crippen LogP contribution in [-0.4, -0.2) is 55.4 Å². The van der Waals surface area contributed by atoms with Crippen LogP contribution in [-0.2, 0) is 32.7 Å². The van der Waals surface area contributed by atoms with E-state index in [1.54, 1.807) is 17.8 Å². The molecule has 0 saturated heterocycles. The van der Waals surface area contributed by atoms with Gasteiger partial charge in [0.05, 0.1) is 34.4 Å². The number of rotatable bonds is 10. The Morgan fingerprint density at radius 3 is 2.48 bits per heavy atom. The zero-order valence-electron chi connectivity index (χ0n) is 22.3. The molecule has 0 aliphatic rings. The highest BCUT2D eigenvalue weighted by Gasteiger charge is 2.25. The second-order valence-corrected chi connectivity index (χ2v) is 12.6. The molecule has 40 heavy (non-hydrogen) atoms. The molecule has 4 aromatic rings. The van der Waals surface area contributed by atoms with E-state index < -0.39 is 15.6 Å². The number of carbonyl (C=O) groups excluding carboxylic acids is 1. The number of ether oxygens (including phenoxy) is 1. The second kappa shape index (κ2) is 13.1. The van der Waals surface area contributed by atoms with Gasteiger partial charge in [-0.05, 0) is 56.3 Å². The maximum absolute atomic E-state index is 13.0. The molecule has 2 aromatic heterocycles. The van der Waals surface area contributed by atoms with Crippen LogP contribution in [0.4, 0.5) is 5.82 Å². The maximum Gasteiger partial charge on any atom is 0.290 e. The molecule has 0 fully saturated rings. The summed E-state index contributed by atoms with van der Waals surface area (Å²) in [5, 5.41) is 18.0. The number of halogens is 1. The lowest BCUT2D eigenvalue weighted by Crippen LogP contribution is -2.50. The van der Waals surface area contributed by atoms with E-state index in [0.717, 1.165) is 22.5 Å². The van der Waals surface area contributed by atoms with Crippen molar-refractivity contribution in [1.82, 2.24) is 20.4 Å². The van der Waals surface area contributed by atoms with Crippen LogP contribution >= 0.6 is 22.9 Å². The van der Waals surface area contributed by atoms with Gasteiger partial charge in [-0.25, -0.2) is 8.42 Å². The smallest absolute Gasteiger partial charge is 0.290 e. The third-order valence-corrected chi connectivity index (χ3v) is 9.04. The minimum absolute atomic E-state index is 0.0892. The van der Waals surface area contributed by atoms with E-state index in [-0.39, 0.29) is 22.4 Å². The number of methoxy groups -OCH3 is 1. The molecule has 0 saturated carbocycles. The van der Waals surface area contributed by atoms with E-state index in [2.05, 4.69) is 20.5 Å². The first-order valence-electron chi connectivity index (χ1n) is 11.9. The summed E-state index contributed by atoms with van der Waals surface area (Å²) in [6, 6.07) is 16.2. The predicted molar refractivity (Wildman–Crippen MR) is 156 cm³/mol. The molecule has 0 radical (unpaired) electrons. The van der Waals surface area contributed by atoms with E-state index in [9.17, 15) is 13.2 Å². The van der Waals surface area contributed by atoms with Gasteiger partial charge in [0, 0.05) is 6.54 Å². The van der Waals surface area contributed by atoms with Gasteiger partial charge in [-0.2, -0.15) is 5.10 Å². The number of nitrogens with zero attached hydrogens (tertiary/aromatic N) is 2. The van der Waals surface area contributed by atoms with Gasteiger partial charge in [0.1, 0.15) is 9.96 Å². The number of hydrogen-bond donors (Lipinski definition) is 4. The van der Waals surface area contributed by atoms with Crippen molar-refractivity contribution < 1.29 is 27.9 Å². The van der Waals surface area contributed by atoms with Gasteiger partial charge in [0.2, 0.25) is 5.91 Å². The Hall–Kier alpha value is -3.65. The number of anilines is 1. The number of fused-ring (bicyclic) bond motifs is 1. The van der Waals surface area contributed by atoms with Crippen molar-refractivity contribution in [2.24, 2.45) is 0 Å². The van der Waals surface area contributed by atoms with Crippen molar-refractivity contribution in [2.75, 3.05) is 18.9 Å². The normalized spacial score (nSPS) is 11.4. The fourth-order valence-electron chi connectivity index (χ4n) is 3.71. The van der Waals surface area contributed by atoms with Gasteiger partial charge in [-0.15, -0.1) is 11.3 Å². The van der Waals surface area contributed by atoms with Crippen molar-refractivity contribution >= 4 is 62.1 Å². The molecule has 0 unspecified atom stereocenters. The maximum atomic E-state index is 13.0. The van der Waals surface area contributed by atoms with Crippen LogP contribution in [0, 0.1) is 0 Å². The van der Waals surface area contributed by atoms with Crippen molar-refractivity contribution in [3.63, 3.8) is 0 Å². The number of nitrogens with one attached hydrogen (secondary N) is 3. The average molecular weight is 608 g/mol. The Bertz CT molecular complexity index is 1600. The molecule has 2 heterocycles. The molecule has 2 aromatic carbocycles. The van der Waals surface area contributed by atoms with Gasteiger partial charge in [0.15, 0.2) is 5.82 Å². The average Bonchev–Trinajstić information content (AvgIpc) is 3.51. The molecule has 4 rings (SSSR count). The molecular formula is C26H30ClN5O6S2. The van der Waals surface area contributed by atoms with Crippen molar-refractivity contribution in [1.29, 1.82) is 0 Å². The molecule has 0 aliphatic heterocycles.